The molecule has 5 nitrogen and oxygen atoms in total. The first-order chi connectivity index (χ1) is 7.65. The summed E-state index contributed by atoms with van der Waals surface area (Å²) in [6.07, 6.45) is 2.65. The lowest BCUT2D eigenvalue weighted by atomic mass is 10.3. The lowest BCUT2D eigenvalue weighted by Gasteiger charge is -2.18. The van der Waals surface area contributed by atoms with Crippen LogP contribution in [0, 0.1) is 0 Å². The zero-order valence-electron chi connectivity index (χ0n) is 9.99. The van der Waals surface area contributed by atoms with Crippen molar-refractivity contribution in [3.8, 4) is 0 Å². The Hall–Kier alpha value is -1.10. The van der Waals surface area contributed by atoms with Crippen molar-refractivity contribution in [2.75, 3.05) is 26.7 Å². The van der Waals surface area contributed by atoms with Crippen LogP contribution >= 0.6 is 0 Å². The fourth-order valence-corrected chi connectivity index (χ4v) is 1.38. The van der Waals surface area contributed by atoms with Crippen LogP contribution in [0.15, 0.2) is 0 Å². The van der Waals surface area contributed by atoms with Gasteiger partial charge in [0.15, 0.2) is 0 Å². The Morgan fingerprint density at radius 3 is 2.62 bits per heavy atom. The number of carbonyl (C=O) groups is 2. The number of carbonyl (C=O) groups excluding carboxylic acids is 2. The predicted molar refractivity (Wildman–Crippen MR) is 59.9 cm³/mol. The van der Waals surface area contributed by atoms with Gasteiger partial charge >= 0.3 is 5.97 Å². The van der Waals surface area contributed by atoms with E-state index in [4.69, 9.17) is 0 Å². The van der Waals surface area contributed by atoms with Gasteiger partial charge in [-0.2, -0.15) is 0 Å². The average Bonchev–Trinajstić information content (AvgIpc) is 3.07. The molecule has 1 aliphatic rings. The van der Waals surface area contributed by atoms with Gasteiger partial charge in [0, 0.05) is 19.0 Å². The van der Waals surface area contributed by atoms with Crippen LogP contribution in [0.1, 0.15) is 26.2 Å². The van der Waals surface area contributed by atoms with Crippen LogP contribution in [0.5, 0.6) is 0 Å². The molecular formula is C11H20N2O3. The van der Waals surface area contributed by atoms with Gasteiger partial charge in [-0.15, -0.1) is 0 Å². The number of amides is 1. The molecule has 0 aromatic rings. The largest absolute Gasteiger partial charge is 0.468 e. The second-order valence-corrected chi connectivity index (χ2v) is 4.04. The predicted octanol–water partition coefficient (Wildman–Crippen LogP) is 0.150. The number of esters is 1. The third-order valence-electron chi connectivity index (χ3n) is 2.63. The van der Waals surface area contributed by atoms with E-state index in [2.05, 4.69) is 10.1 Å². The van der Waals surface area contributed by atoms with E-state index in [0.29, 0.717) is 19.0 Å². The Balaban J connectivity index is 2.16. The summed E-state index contributed by atoms with van der Waals surface area (Å²) in [4.78, 5) is 24.4. The van der Waals surface area contributed by atoms with E-state index >= 15 is 0 Å². The molecule has 0 aromatic heterocycles. The number of methoxy groups -OCH3 is 1. The second kappa shape index (κ2) is 6.48. The standard InChI is InChI=1S/C11H20N2O3/c1-3-13(8-11(15)16-2)7-6-10(14)12-9-4-5-9/h9H,3-8H2,1-2H3,(H,12,14). The van der Waals surface area contributed by atoms with Gasteiger partial charge in [-0.25, -0.2) is 0 Å². The molecule has 0 atom stereocenters. The van der Waals surface area contributed by atoms with E-state index in [-0.39, 0.29) is 18.4 Å². The van der Waals surface area contributed by atoms with E-state index in [9.17, 15) is 9.59 Å². The van der Waals surface area contributed by atoms with Crippen molar-refractivity contribution in [3.05, 3.63) is 0 Å². The molecule has 1 amide bonds. The van der Waals surface area contributed by atoms with Crippen LogP contribution in [0.2, 0.25) is 0 Å². The highest BCUT2D eigenvalue weighted by Crippen LogP contribution is 2.18. The highest BCUT2D eigenvalue weighted by Gasteiger charge is 2.23. The van der Waals surface area contributed by atoms with Crippen LogP contribution in [0.3, 0.4) is 0 Å². The van der Waals surface area contributed by atoms with Crippen LogP contribution in [0.4, 0.5) is 0 Å². The summed E-state index contributed by atoms with van der Waals surface area (Å²) < 4.78 is 4.58. The van der Waals surface area contributed by atoms with E-state index in [1.54, 1.807) is 0 Å². The molecule has 0 aliphatic heterocycles. The SMILES string of the molecule is CCN(CCC(=O)NC1CC1)CC(=O)OC. The van der Waals surface area contributed by atoms with Gasteiger partial charge < -0.3 is 10.1 Å². The Kier molecular flexibility index (Phi) is 5.25. The van der Waals surface area contributed by atoms with Gasteiger partial charge in [0.2, 0.25) is 5.91 Å². The van der Waals surface area contributed by atoms with Gasteiger partial charge in [-0.3, -0.25) is 14.5 Å². The smallest absolute Gasteiger partial charge is 0.319 e. The number of likely N-dealkylation sites (N-methyl/N-ethyl adjacent to an activating group) is 1. The Labute approximate surface area is 96.1 Å². The minimum atomic E-state index is -0.260. The second-order valence-electron chi connectivity index (χ2n) is 4.04. The Morgan fingerprint density at radius 2 is 2.12 bits per heavy atom. The van der Waals surface area contributed by atoms with Crippen molar-refractivity contribution in [1.29, 1.82) is 0 Å². The van der Waals surface area contributed by atoms with Gasteiger partial charge in [-0.1, -0.05) is 6.92 Å². The molecule has 0 spiro atoms. The van der Waals surface area contributed by atoms with Crippen molar-refractivity contribution in [3.63, 3.8) is 0 Å². The van der Waals surface area contributed by atoms with E-state index in [0.717, 1.165) is 19.4 Å². The molecule has 1 N–H and O–H groups in total. The lowest BCUT2D eigenvalue weighted by Crippen LogP contribution is -2.35. The number of hydrogen-bond donors (Lipinski definition) is 1. The van der Waals surface area contributed by atoms with Gasteiger partial charge in [-0.05, 0) is 19.4 Å². The van der Waals surface area contributed by atoms with Crippen LogP contribution < -0.4 is 5.32 Å². The molecule has 92 valence electrons. The maximum absolute atomic E-state index is 11.4. The topological polar surface area (TPSA) is 58.6 Å². The zero-order chi connectivity index (χ0) is 12.0. The summed E-state index contributed by atoms with van der Waals surface area (Å²) in [5, 5.41) is 2.92. The highest BCUT2D eigenvalue weighted by atomic mass is 16.5. The maximum Gasteiger partial charge on any atom is 0.319 e. The molecule has 0 saturated heterocycles. The minimum absolute atomic E-state index is 0.0748. The molecule has 1 saturated carbocycles. The molecule has 0 bridgehead atoms. The fourth-order valence-electron chi connectivity index (χ4n) is 1.38. The zero-order valence-corrected chi connectivity index (χ0v) is 9.99. The Morgan fingerprint density at radius 1 is 1.44 bits per heavy atom. The first kappa shape index (κ1) is 13.0. The third-order valence-corrected chi connectivity index (χ3v) is 2.63. The van der Waals surface area contributed by atoms with E-state index in [1.807, 2.05) is 11.8 Å². The lowest BCUT2D eigenvalue weighted by molar-refractivity contribution is -0.142. The van der Waals surface area contributed by atoms with E-state index in [1.165, 1.54) is 7.11 Å². The van der Waals surface area contributed by atoms with Crippen molar-refractivity contribution in [2.24, 2.45) is 0 Å². The highest BCUT2D eigenvalue weighted by molar-refractivity contribution is 5.77. The monoisotopic (exact) mass is 228 g/mol. The summed E-state index contributed by atoms with van der Waals surface area (Å²) in [6.45, 7) is 3.56. The summed E-state index contributed by atoms with van der Waals surface area (Å²) in [7, 11) is 1.37. The fraction of sp³-hybridized carbons (Fsp3) is 0.818. The number of nitrogens with zero attached hydrogens (tertiary/aromatic N) is 1. The number of rotatable bonds is 7. The normalized spacial score (nSPS) is 14.9. The summed E-state index contributed by atoms with van der Waals surface area (Å²) in [5.74, 6) is -0.185. The quantitative estimate of drug-likeness (QED) is 0.630. The minimum Gasteiger partial charge on any atom is -0.468 e. The molecule has 0 unspecified atom stereocenters. The summed E-state index contributed by atoms with van der Waals surface area (Å²) in [5.41, 5.74) is 0. The molecule has 1 rings (SSSR count). The molecule has 16 heavy (non-hydrogen) atoms. The van der Waals surface area contributed by atoms with Crippen molar-refractivity contribution in [1.82, 2.24) is 10.2 Å². The summed E-state index contributed by atoms with van der Waals surface area (Å²) in [6, 6.07) is 0.406. The first-order valence-corrected chi connectivity index (χ1v) is 5.74. The van der Waals surface area contributed by atoms with Crippen molar-refractivity contribution in [2.45, 2.75) is 32.2 Å². The third kappa shape index (κ3) is 5.11. The molecule has 0 radical (unpaired) electrons. The van der Waals surface area contributed by atoms with Crippen LogP contribution in [-0.4, -0.2) is 49.6 Å². The van der Waals surface area contributed by atoms with Crippen LogP contribution in [0.25, 0.3) is 0 Å². The molecular weight excluding hydrogens is 208 g/mol. The number of nitrogens with one attached hydrogen (secondary N) is 1. The van der Waals surface area contributed by atoms with E-state index < -0.39 is 0 Å². The van der Waals surface area contributed by atoms with Crippen molar-refractivity contribution >= 4 is 11.9 Å². The molecule has 5 heteroatoms. The first-order valence-electron chi connectivity index (χ1n) is 5.74. The maximum atomic E-state index is 11.4. The van der Waals surface area contributed by atoms with Gasteiger partial charge in [0.25, 0.3) is 0 Å². The van der Waals surface area contributed by atoms with Gasteiger partial charge in [0.1, 0.15) is 0 Å². The molecule has 0 heterocycles. The number of ether oxygens (including phenoxy) is 1. The Bertz CT molecular complexity index is 252. The average molecular weight is 228 g/mol. The van der Waals surface area contributed by atoms with Crippen molar-refractivity contribution < 1.29 is 14.3 Å². The molecule has 0 aromatic carbocycles. The molecule has 1 fully saturated rings. The van der Waals surface area contributed by atoms with Crippen LogP contribution in [-0.2, 0) is 14.3 Å². The number of hydrogen-bond acceptors (Lipinski definition) is 4. The van der Waals surface area contributed by atoms with Gasteiger partial charge in [0.05, 0.1) is 13.7 Å². The summed E-state index contributed by atoms with van der Waals surface area (Å²) >= 11 is 0. The molecule has 1 aliphatic carbocycles.